The van der Waals surface area contributed by atoms with Gasteiger partial charge >= 0.3 is 30.2 Å². The molecule has 0 saturated heterocycles. The molecule has 0 atom stereocenters. The number of fused-ring (bicyclic) bond motifs is 2. The van der Waals surface area contributed by atoms with Crippen molar-refractivity contribution in [3.8, 4) is 22.3 Å². The number of aryl methyl sites for hydroxylation is 1. The third-order valence-corrected chi connectivity index (χ3v) is 7.28. The normalized spacial score (nSPS) is 10.1. The Labute approximate surface area is 260 Å². The fraction of sp³-hybridized carbons (Fsp3) is 0.111. The van der Waals surface area contributed by atoms with Crippen LogP contribution in [0.15, 0.2) is 120 Å². The fourth-order valence-corrected chi connectivity index (χ4v) is 5.20. The van der Waals surface area contributed by atoms with Gasteiger partial charge in [0.05, 0.1) is 0 Å². The molecule has 2 radical (unpaired) electrons. The molecule has 6 aromatic rings. The van der Waals surface area contributed by atoms with Crippen LogP contribution in [0, 0.1) is 21.8 Å². The van der Waals surface area contributed by atoms with Crippen molar-refractivity contribution in [1.29, 1.82) is 0 Å². The third kappa shape index (κ3) is 7.66. The van der Waals surface area contributed by atoms with Crippen LogP contribution in [0.1, 0.15) is 30.9 Å². The van der Waals surface area contributed by atoms with Gasteiger partial charge in [0.15, 0.2) is 0 Å². The van der Waals surface area contributed by atoms with Crippen molar-refractivity contribution in [3.63, 3.8) is 0 Å². The molecule has 0 amide bonds. The molecule has 0 aliphatic carbocycles. The second-order valence-corrected chi connectivity index (χ2v) is 10.3. The van der Waals surface area contributed by atoms with Crippen LogP contribution in [0.4, 0.5) is 0 Å². The Kier molecular flexibility index (Phi) is 13.0. The molecule has 6 rings (SSSR count). The second kappa shape index (κ2) is 15.5. The van der Waals surface area contributed by atoms with Crippen molar-refractivity contribution >= 4 is 44.4 Å². The van der Waals surface area contributed by atoms with Gasteiger partial charge in [-0.1, -0.05) is 115 Å². The van der Waals surface area contributed by atoms with E-state index in [1.807, 2.05) is 0 Å². The van der Waals surface area contributed by atoms with E-state index >= 15 is 0 Å². The molecule has 0 fully saturated rings. The summed E-state index contributed by atoms with van der Waals surface area (Å²) in [5.41, 5.74) is 7.94. The van der Waals surface area contributed by atoms with Gasteiger partial charge in [0, 0.05) is 0 Å². The van der Waals surface area contributed by atoms with E-state index in [4.69, 9.17) is 0 Å². The van der Waals surface area contributed by atoms with Crippen molar-refractivity contribution in [1.82, 2.24) is 0 Å². The molecule has 0 aliphatic heterocycles. The van der Waals surface area contributed by atoms with Crippen molar-refractivity contribution in [3.05, 3.63) is 146 Å². The molecule has 6 aromatic carbocycles. The first-order valence-electron chi connectivity index (χ1n) is 12.4. The van der Waals surface area contributed by atoms with E-state index in [1.54, 1.807) is 0 Å². The Morgan fingerprint density at radius 1 is 0.667 bits per heavy atom. The van der Waals surface area contributed by atoms with E-state index in [0.29, 0.717) is 5.92 Å². The van der Waals surface area contributed by atoms with Crippen LogP contribution in [0.3, 0.4) is 0 Å². The molecular formula is C36H35BrSiZr-4. The average Bonchev–Trinajstić information content (AvgIpc) is 3.56. The molecule has 3 heteroatoms. The van der Waals surface area contributed by atoms with Gasteiger partial charge in [-0.15, -0.1) is 72.9 Å². The molecular weight excluding hydrogens is 632 g/mol. The van der Waals surface area contributed by atoms with E-state index in [2.05, 4.69) is 159 Å². The van der Waals surface area contributed by atoms with E-state index in [1.165, 1.54) is 82.7 Å². The Balaban J connectivity index is 0.000000246. The number of halogens is 1. The second-order valence-electron chi connectivity index (χ2n) is 9.44. The molecule has 0 saturated carbocycles. The molecule has 0 aliphatic rings. The van der Waals surface area contributed by atoms with Crippen LogP contribution >= 0.6 is 15.9 Å². The SMILES string of the molecule is CC(C)c1cc2c(-c3ccccc3)cccc2[cH-]1.Cc1cc2c(-c3ccccc3)ccc(Br)c2[cH-]1.[CH3-].[CH3-].[Si]=[Zr]. The van der Waals surface area contributed by atoms with Gasteiger partial charge in [0.25, 0.3) is 0 Å². The minimum atomic E-state index is 0. The van der Waals surface area contributed by atoms with Crippen molar-refractivity contribution in [2.24, 2.45) is 0 Å². The van der Waals surface area contributed by atoms with Crippen LogP contribution in [-0.2, 0) is 23.3 Å². The van der Waals surface area contributed by atoms with Gasteiger partial charge in [0.1, 0.15) is 0 Å². The van der Waals surface area contributed by atoms with Crippen LogP contribution < -0.4 is 0 Å². The summed E-state index contributed by atoms with van der Waals surface area (Å²) in [4.78, 5) is 0. The van der Waals surface area contributed by atoms with Gasteiger partial charge < -0.3 is 14.9 Å². The van der Waals surface area contributed by atoms with Gasteiger partial charge in [-0.2, -0.15) is 12.1 Å². The summed E-state index contributed by atoms with van der Waals surface area (Å²) in [7, 11) is 0. The molecule has 0 aromatic heterocycles. The first-order chi connectivity index (χ1) is 18.0. The molecule has 0 heterocycles. The summed E-state index contributed by atoms with van der Waals surface area (Å²) in [6, 6.07) is 41.1. The Morgan fingerprint density at radius 2 is 1.23 bits per heavy atom. The van der Waals surface area contributed by atoms with E-state index in [0.717, 1.165) is 0 Å². The van der Waals surface area contributed by atoms with Gasteiger partial charge in [-0.25, -0.2) is 0 Å². The number of benzene rings is 4. The van der Waals surface area contributed by atoms with Crippen LogP contribution in [0.25, 0.3) is 43.8 Å². The summed E-state index contributed by atoms with van der Waals surface area (Å²) < 4.78 is 1.17. The Morgan fingerprint density at radius 3 is 1.79 bits per heavy atom. The van der Waals surface area contributed by atoms with Crippen molar-refractivity contribution < 1.29 is 23.3 Å². The summed E-state index contributed by atoms with van der Waals surface area (Å²) in [5.74, 6) is 0.584. The van der Waals surface area contributed by atoms with Crippen LogP contribution in [-0.4, -0.2) is 6.88 Å². The maximum absolute atomic E-state index is 3.62. The molecule has 198 valence electrons. The van der Waals surface area contributed by atoms with Crippen molar-refractivity contribution in [2.75, 3.05) is 0 Å². The van der Waals surface area contributed by atoms with E-state index in [9.17, 15) is 0 Å². The van der Waals surface area contributed by atoms with Crippen LogP contribution in [0.2, 0.25) is 0 Å². The topological polar surface area (TPSA) is 0 Å². The van der Waals surface area contributed by atoms with Crippen LogP contribution in [0.5, 0.6) is 0 Å². The average molecular weight is 667 g/mol. The monoisotopic (exact) mass is 664 g/mol. The Bertz CT molecular complexity index is 1590. The molecule has 39 heavy (non-hydrogen) atoms. The maximum atomic E-state index is 3.62. The fourth-order valence-electron chi connectivity index (χ4n) is 4.74. The summed E-state index contributed by atoms with van der Waals surface area (Å²) in [6.07, 6.45) is 0. The van der Waals surface area contributed by atoms with Gasteiger partial charge in [-0.05, 0) is 17.0 Å². The number of hydrogen-bond acceptors (Lipinski definition) is 0. The zero-order chi connectivity index (χ0) is 26.4. The van der Waals surface area contributed by atoms with Gasteiger partial charge in [-0.3, -0.25) is 0 Å². The Hall–Kier alpha value is -2.32. The summed E-state index contributed by atoms with van der Waals surface area (Å²) in [6.45, 7) is 9.70. The number of rotatable bonds is 3. The molecule has 0 N–H and O–H groups in total. The minimum absolute atomic E-state index is 0. The number of hydrogen-bond donors (Lipinski definition) is 0. The first kappa shape index (κ1) is 32.9. The molecule has 0 spiro atoms. The van der Waals surface area contributed by atoms with Crippen molar-refractivity contribution in [2.45, 2.75) is 26.7 Å². The van der Waals surface area contributed by atoms with E-state index in [-0.39, 0.29) is 14.9 Å². The molecule has 0 nitrogen and oxygen atoms in total. The predicted octanol–water partition coefficient (Wildman–Crippen LogP) is 11.2. The summed E-state index contributed by atoms with van der Waals surface area (Å²) >= 11 is 4.97. The zero-order valence-electron chi connectivity index (χ0n) is 23.4. The van der Waals surface area contributed by atoms with Gasteiger partial charge in [0.2, 0.25) is 0 Å². The third-order valence-electron chi connectivity index (χ3n) is 6.59. The molecule has 0 bridgehead atoms. The predicted molar refractivity (Wildman–Crippen MR) is 175 cm³/mol. The summed E-state index contributed by atoms with van der Waals surface area (Å²) in [5, 5.41) is 5.33. The quantitative estimate of drug-likeness (QED) is 0.130. The standard InChI is InChI=1S/C18H17.C16H12Br.2CH3.Si.Zr/c1-13(2)16-11-15-9-6-10-17(18(15)12-16)14-7-4-3-5-8-14;1-11-9-14-13(12-5-3-2-4-6-12)7-8-16(17)15(14)10-11;;;;/h3-13H,1-2H3;2-10H,1H3;2*1H3;;/q4*-1;;. The zero-order valence-corrected chi connectivity index (χ0v) is 28.5. The first-order valence-corrected chi connectivity index (χ1v) is 17.4. The molecule has 0 unspecified atom stereocenters. The van der Waals surface area contributed by atoms with E-state index < -0.39 is 0 Å².